The van der Waals surface area contributed by atoms with Crippen molar-refractivity contribution in [3.05, 3.63) is 0 Å². The standard InChI is InChI=1S/C10H18/c1-5-9(4)6-10(9)7(2)8(10)3/h7-8H,5-6H2,1-4H3. The molecule has 0 bridgehead atoms. The van der Waals surface area contributed by atoms with E-state index >= 15 is 0 Å². The molecular weight excluding hydrogens is 120 g/mol. The second-order valence-electron chi connectivity index (χ2n) is 4.71. The summed E-state index contributed by atoms with van der Waals surface area (Å²) in [6.45, 7) is 9.65. The Labute approximate surface area is 64.0 Å². The van der Waals surface area contributed by atoms with Crippen LogP contribution >= 0.6 is 0 Å². The molecule has 0 aromatic heterocycles. The summed E-state index contributed by atoms with van der Waals surface area (Å²) < 4.78 is 0. The molecule has 58 valence electrons. The topological polar surface area (TPSA) is 0 Å². The maximum atomic E-state index is 2.47. The highest BCUT2D eigenvalue weighted by Gasteiger charge is 2.79. The Morgan fingerprint density at radius 2 is 1.80 bits per heavy atom. The molecule has 2 saturated carbocycles. The molecule has 0 radical (unpaired) electrons. The van der Waals surface area contributed by atoms with Gasteiger partial charge < -0.3 is 0 Å². The average Bonchev–Trinajstić information content (AvgIpc) is 2.68. The number of hydrogen-bond donors (Lipinski definition) is 0. The summed E-state index contributed by atoms with van der Waals surface area (Å²) in [6, 6.07) is 0. The lowest BCUT2D eigenvalue weighted by Crippen LogP contribution is -1.96. The highest BCUT2D eigenvalue weighted by Crippen LogP contribution is 2.85. The van der Waals surface area contributed by atoms with E-state index in [4.69, 9.17) is 0 Å². The van der Waals surface area contributed by atoms with Crippen LogP contribution in [-0.4, -0.2) is 0 Å². The minimum Gasteiger partial charge on any atom is -0.0648 e. The molecule has 3 atom stereocenters. The van der Waals surface area contributed by atoms with Gasteiger partial charge in [0.15, 0.2) is 0 Å². The Bertz CT molecular complexity index is 163. The first-order valence-electron chi connectivity index (χ1n) is 4.58. The fourth-order valence-corrected chi connectivity index (χ4v) is 3.34. The van der Waals surface area contributed by atoms with Gasteiger partial charge in [-0.2, -0.15) is 0 Å². The van der Waals surface area contributed by atoms with E-state index < -0.39 is 0 Å². The van der Waals surface area contributed by atoms with Crippen molar-refractivity contribution in [2.45, 2.75) is 40.5 Å². The molecule has 2 rings (SSSR count). The molecule has 0 heterocycles. The van der Waals surface area contributed by atoms with Crippen LogP contribution in [0.5, 0.6) is 0 Å². The lowest BCUT2D eigenvalue weighted by Gasteiger charge is -2.04. The maximum absolute atomic E-state index is 2.47. The minimum atomic E-state index is 0.742. The summed E-state index contributed by atoms with van der Waals surface area (Å²) in [6.07, 6.45) is 2.90. The van der Waals surface area contributed by atoms with E-state index in [1.165, 1.54) is 12.8 Å². The van der Waals surface area contributed by atoms with Crippen LogP contribution < -0.4 is 0 Å². The van der Waals surface area contributed by atoms with Crippen LogP contribution in [0.3, 0.4) is 0 Å². The summed E-state index contributed by atoms with van der Waals surface area (Å²) in [4.78, 5) is 0. The van der Waals surface area contributed by atoms with Crippen molar-refractivity contribution in [2.75, 3.05) is 0 Å². The summed E-state index contributed by atoms with van der Waals surface area (Å²) >= 11 is 0. The van der Waals surface area contributed by atoms with Gasteiger partial charge >= 0.3 is 0 Å². The van der Waals surface area contributed by atoms with E-state index in [9.17, 15) is 0 Å². The SMILES string of the molecule is CCC1(C)CC12C(C)C2C. The van der Waals surface area contributed by atoms with Gasteiger partial charge in [-0.1, -0.05) is 34.1 Å². The van der Waals surface area contributed by atoms with Crippen molar-refractivity contribution in [1.82, 2.24) is 0 Å². The van der Waals surface area contributed by atoms with E-state index in [0.717, 1.165) is 22.7 Å². The molecule has 3 unspecified atom stereocenters. The van der Waals surface area contributed by atoms with Crippen LogP contribution in [0.2, 0.25) is 0 Å². The predicted octanol–water partition coefficient (Wildman–Crippen LogP) is 3.08. The van der Waals surface area contributed by atoms with Crippen LogP contribution in [-0.2, 0) is 0 Å². The van der Waals surface area contributed by atoms with Crippen molar-refractivity contribution in [3.8, 4) is 0 Å². The normalized spacial score (nSPS) is 64.8. The van der Waals surface area contributed by atoms with Gasteiger partial charge in [-0.15, -0.1) is 0 Å². The Balaban J connectivity index is 2.14. The molecule has 0 heteroatoms. The predicted molar refractivity (Wildman–Crippen MR) is 43.8 cm³/mol. The van der Waals surface area contributed by atoms with Crippen LogP contribution in [0, 0.1) is 22.7 Å². The van der Waals surface area contributed by atoms with E-state index in [2.05, 4.69) is 27.7 Å². The molecule has 2 aliphatic carbocycles. The monoisotopic (exact) mass is 138 g/mol. The Morgan fingerprint density at radius 3 is 1.90 bits per heavy atom. The van der Waals surface area contributed by atoms with Crippen molar-refractivity contribution >= 4 is 0 Å². The van der Waals surface area contributed by atoms with Gasteiger partial charge in [0.25, 0.3) is 0 Å². The molecule has 2 aliphatic rings. The first-order valence-corrected chi connectivity index (χ1v) is 4.58. The second-order valence-corrected chi connectivity index (χ2v) is 4.71. The van der Waals surface area contributed by atoms with Crippen LogP contribution in [0.15, 0.2) is 0 Å². The largest absolute Gasteiger partial charge is 0.0648 e. The summed E-state index contributed by atoms with van der Waals surface area (Å²) in [5, 5.41) is 0. The minimum absolute atomic E-state index is 0.742. The first kappa shape index (κ1) is 6.69. The van der Waals surface area contributed by atoms with Gasteiger partial charge in [0.05, 0.1) is 0 Å². The first-order chi connectivity index (χ1) is 4.58. The molecule has 0 aliphatic heterocycles. The fraction of sp³-hybridized carbons (Fsp3) is 1.00. The summed E-state index contributed by atoms with van der Waals surface area (Å²) in [5.74, 6) is 2.05. The Morgan fingerprint density at radius 1 is 1.30 bits per heavy atom. The molecule has 0 aromatic carbocycles. The third-order valence-corrected chi connectivity index (χ3v) is 4.73. The Hall–Kier alpha value is 0. The van der Waals surface area contributed by atoms with Crippen molar-refractivity contribution < 1.29 is 0 Å². The number of hydrogen-bond acceptors (Lipinski definition) is 0. The fourth-order valence-electron chi connectivity index (χ4n) is 3.34. The highest BCUT2D eigenvalue weighted by molar-refractivity contribution is 5.27. The van der Waals surface area contributed by atoms with E-state index in [1.807, 2.05) is 0 Å². The molecule has 0 saturated heterocycles. The maximum Gasteiger partial charge on any atom is -0.0181 e. The van der Waals surface area contributed by atoms with Crippen molar-refractivity contribution in [1.29, 1.82) is 0 Å². The summed E-state index contributed by atoms with van der Waals surface area (Å²) in [7, 11) is 0. The van der Waals surface area contributed by atoms with Crippen LogP contribution in [0.4, 0.5) is 0 Å². The molecule has 0 aromatic rings. The molecule has 0 nitrogen and oxygen atoms in total. The van der Waals surface area contributed by atoms with Gasteiger partial charge in [0, 0.05) is 0 Å². The quantitative estimate of drug-likeness (QED) is 0.522. The lowest BCUT2D eigenvalue weighted by atomic mass is 10.0. The third-order valence-electron chi connectivity index (χ3n) is 4.73. The van der Waals surface area contributed by atoms with E-state index in [0.29, 0.717) is 0 Å². The molecular formula is C10H18. The lowest BCUT2D eigenvalue weighted by molar-refractivity contribution is 0.448. The molecule has 0 amide bonds. The zero-order valence-corrected chi connectivity index (χ0v) is 7.57. The zero-order valence-electron chi connectivity index (χ0n) is 7.57. The third kappa shape index (κ3) is 0.436. The highest BCUT2D eigenvalue weighted by atomic mass is 14.8. The van der Waals surface area contributed by atoms with E-state index in [-0.39, 0.29) is 0 Å². The molecule has 1 spiro atoms. The van der Waals surface area contributed by atoms with Gasteiger partial charge in [0.2, 0.25) is 0 Å². The van der Waals surface area contributed by atoms with Gasteiger partial charge in [-0.05, 0) is 29.1 Å². The molecule has 2 fully saturated rings. The van der Waals surface area contributed by atoms with Crippen molar-refractivity contribution in [2.24, 2.45) is 22.7 Å². The zero-order chi connectivity index (χ0) is 7.57. The van der Waals surface area contributed by atoms with Crippen LogP contribution in [0.1, 0.15) is 40.5 Å². The number of rotatable bonds is 1. The van der Waals surface area contributed by atoms with Crippen molar-refractivity contribution in [3.63, 3.8) is 0 Å². The molecule has 0 N–H and O–H groups in total. The van der Waals surface area contributed by atoms with E-state index in [1.54, 1.807) is 0 Å². The van der Waals surface area contributed by atoms with Gasteiger partial charge in [-0.25, -0.2) is 0 Å². The van der Waals surface area contributed by atoms with Gasteiger partial charge in [0.1, 0.15) is 0 Å². The van der Waals surface area contributed by atoms with Crippen LogP contribution in [0.25, 0.3) is 0 Å². The second kappa shape index (κ2) is 1.44. The average molecular weight is 138 g/mol. The molecule has 10 heavy (non-hydrogen) atoms. The summed E-state index contributed by atoms with van der Waals surface area (Å²) in [5.41, 5.74) is 1.56. The van der Waals surface area contributed by atoms with Gasteiger partial charge in [-0.3, -0.25) is 0 Å². The smallest absolute Gasteiger partial charge is 0.0181 e. The Kier molecular flexibility index (Phi) is 0.964.